The molecule has 33 heavy (non-hydrogen) atoms. The van der Waals surface area contributed by atoms with Gasteiger partial charge in [-0.2, -0.15) is 0 Å². The highest BCUT2D eigenvalue weighted by Crippen LogP contribution is 2.38. The molecule has 176 valence electrons. The molecule has 4 rings (SSSR count). The van der Waals surface area contributed by atoms with E-state index in [0.29, 0.717) is 11.8 Å². The van der Waals surface area contributed by atoms with Crippen molar-refractivity contribution in [2.45, 2.75) is 58.4 Å². The maximum atomic E-state index is 12.5. The molecule has 0 unspecified atom stereocenters. The Hall–Kier alpha value is -2.86. The minimum Gasteiger partial charge on any atom is -0.354 e. The SMILES string of the molecule is CN[C@H](C)C(=O)N1CCC(c2ccc3[nH]c(-c4cc(C)c(=O)n(C)c4)c(C(C)C)c3c2)CC1. The Morgan fingerprint density at radius 1 is 1.15 bits per heavy atom. The molecular formula is C27H36N4O2. The Morgan fingerprint density at radius 2 is 1.85 bits per heavy atom. The van der Waals surface area contributed by atoms with Gasteiger partial charge in [-0.25, -0.2) is 0 Å². The van der Waals surface area contributed by atoms with Gasteiger partial charge in [0.2, 0.25) is 5.91 Å². The lowest BCUT2D eigenvalue weighted by Crippen LogP contribution is -2.46. The van der Waals surface area contributed by atoms with Gasteiger partial charge in [-0.05, 0) is 74.9 Å². The highest BCUT2D eigenvalue weighted by molar-refractivity contribution is 5.92. The average molecular weight is 449 g/mol. The molecule has 6 nitrogen and oxygen atoms in total. The Kier molecular flexibility index (Phi) is 6.48. The topological polar surface area (TPSA) is 70.1 Å². The number of amides is 1. The van der Waals surface area contributed by atoms with E-state index in [9.17, 15) is 9.59 Å². The van der Waals surface area contributed by atoms with Gasteiger partial charge in [0.15, 0.2) is 0 Å². The maximum absolute atomic E-state index is 12.5. The molecule has 1 aliphatic rings. The van der Waals surface area contributed by atoms with Crippen molar-refractivity contribution in [1.29, 1.82) is 0 Å². The number of hydrogen-bond donors (Lipinski definition) is 2. The zero-order chi connectivity index (χ0) is 23.9. The summed E-state index contributed by atoms with van der Waals surface area (Å²) in [5.41, 5.74) is 6.69. The third-order valence-corrected chi connectivity index (χ3v) is 7.17. The van der Waals surface area contributed by atoms with Gasteiger partial charge in [-0.1, -0.05) is 19.9 Å². The van der Waals surface area contributed by atoms with Crippen LogP contribution in [0.5, 0.6) is 0 Å². The summed E-state index contributed by atoms with van der Waals surface area (Å²) in [6.07, 6.45) is 3.90. The van der Waals surface area contributed by atoms with Crippen molar-refractivity contribution in [3.8, 4) is 11.3 Å². The fourth-order valence-electron chi connectivity index (χ4n) is 5.16. The summed E-state index contributed by atoms with van der Waals surface area (Å²) >= 11 is 0. The lowest BCUT2D eigenvalue weighted by Gasteiger charge is -2.33. The fourth-order valence-corrected chi connectivity index (χ4v) is 5.16. The molecule has 1 saturated heterocycles. The Bertz CT molecular complexity index is 1200. The number of piperidine rings is 1. The zero-order valence-electron chi connectivity index (χ0n) is 20.7. The Labute approximate surface area is 196 Å². The minimum atomic E-state index is -0.133. The second-order valence-corrected chi connectivity index (χ2v) is 9.81. The van der Waals surface area contributed by atoms with E-state index < -0.39 is 0 Å². The van der Waals surface area contributed by atoms with E-state index in [1.54, 1.807) is 4.57 Å². The van der Waals surface area contributed by atoms with Gasteiger partial charge in [0.25, 0.3) is 5.56 Å². The number of fused-ring (bicyclic) bond motifs is 1. The first-order chi connectivity index (χ1) is 15.7. The van der Waals surface area contributed by atoms with Crippen molar-refractivity contribution >= 4 is 16.8 Å². The predicted molar refractivity (Wildman–Crippen MR) is 135 cm³/mol. The molecule has 0 aliphatic carbocycles. The van der Waals surface area contributed by atoms with E-state index >= 15 is 0 Å². The molecule has 0 radical (unpaired) electrons. The number of pyridine rings is 1. The number of benzene rings is 1. The van der Waals surface area contributed by atoms with Crippen LogP contribution in [-0.4, -0.2) is 46.5 Å². The molecule has 3 heterocycles. The highest BCUT2D eigenvalue weighted by Gasteiger charge is 2.27. The van der Waals surface area contributed by atoms with Crippen LogP contribution in [0.25, 0.3) is 22.2 Å². The first-order valence-corrected chi connectivity index (χ1v) is 12.0. The van der Waals surface area contributed by atoms with Crippen molar-refractivity contribution in [2.75, 3.05) is 20.1 Å². The monoisotopic (exact) mass is 448 g/mol. The smallest absolute Gasteiger partial charge is 0.253 e. The quantitative estimate of drug-likeness (QED) is 0.612. The number of carbonyl (C=O) groups excluding carboxylic acids is 1. The molecule has 1 aliphatic heterocycles. The first-order valence-electron chi connectivity index (χ1n) is 12.0. The standard InChI is InChI=1S/C27H36N4O2/c1-16(2)24-22-14-20(19-9-11-31(12-10-19)27(33)18(4)28-5)7-8-23(22)29-25(24)21-13-17(3)26(32)30(6)15-21/h7-8,13-16,18-19,28-29H,9-12H2,1-6H3/t18-/m1/s1. The average Bonchev–Trinajstić information content (AvgIpc) is 3.20. The zero-order valence-corrected chi connectivity index (χ0v) is 20.7. The van der Waals surface area contributed by atoms with Crippen LogP contribution in [0.4, 0.5) is 0 Å². The van der Waals surface area contributed by atoms with Crippen LogP contribution in [0.2, 0.25) is 0 Å². The van der Waals surface area contributed by atoms with E-state index in [-0.39, 0.29) is 17.5 Å². The number of aromatic nitrogens is 2. The van der Waals surface area contributed by atoms with E-state index in [1.807, 2.05) is 45.1 Å². The number of rotatable bonds is 5. The summed E-state index contributed by atoms with van der Waals surface area (Å²) in [5, 5.41) is 4.31. The van der Waals surface area contributed by atoms with Crippen LogP contribution in [-0.2, 0) is 11.8 Å². The third kappa shape index (κ3) is 4.36. The van der Waals surface area contributed by atoms with Crippen LogP contribution in [0.1, 0.15) is 62.1 Å². The van der Waals surface area contributed by atoms with Gasteiger partial charge in [-0.3, -0.25) is 9.59 Å². The summed E-state index contributed by atoms with van der Waals surface area (Å²) in [7, 11) is 3.64. The number of H-pyrrole nitrogens is 1. The highest BCUT2D eigenvalue weighted by atomic mass is 16.2. The first kappa shape index (κ1) is 23.3. The van der Waals surface area contributed by atoms with Gasteiger partial charge in [0.05, 0.1) is 11.7 Å². The lowest BCUT2D eigenvalue weighted by molar-refractivity contribution is -0.133. The van der Waals surface area contributed by atoms with Gasteiger partial charge < -0.3 is 19.8 Å². The molecule has 0 saturated carbocycles. The maximum Gasteiger partial charge on any atom is 0.253 e. The molecule has 1 aromatic carbocycles. The summed E-state index contributed by atoms with van der Waals surface area (Å²) < 4.78 is 1.66. The van der Waals surface area contributed by atoms with Crippen LogP contribution >= 0.6 is 0 Å². The number of hydrogen-bond acceptors (Lipinski definition) is 3. The molecule has 1 atom stereocenters. The lowest BCUT2D eigenvalue weighted by atomic mass is 9.87. The fraction of sp³-hybridized carbons (Fsp3) is 0.481. The third-order valence-electron chi connectivity index (χ3n) is 7.17. The van der Waals surface area contributed by atoms with E-state index in [4.69, 9.17) is 0 Å². The molecule has 1 amide bonds. The second kappa shape index (κ2) is 9.18. The Balaban J connectivity index is 1.67. The van der Waals surface area contributed by atoms with Crippen LogP contribution < -0.4 is 10.9 Å². The van der Waals surface area contributed by atoms with Crippen molar-refractivity contribution in [3.63, 3.8) is 0 Å². The second-order valence-electron chi connectivity index (χ2n) is 9.81. The van der Waals surface area contributed by atoms with Crippen molar-refractivity contribution < 1.29 is 4.79 Å². The van der Waals surface area contributed by atoms with Crippen LogP contribution in [0.3, 0.4) is 0 Å². The van der Waals surface area contributed by atoms with Crippen LogP contribution in [0.15, 0.2) is 35.3 Å². The van der Waals surface area contributed by atoms with Gasteiger partial charge in [0.1, 0.15) is 0 Å². The van der Waals surface area contributed by atoms with Gasteiger partial charge >= 0.3 is 0 Å². The normalized spacial score (nSPS) is 16.0. The van der Waals surface area contributed by atoms with E-state index in [0.717, 1.165) is 48.3 Å². The van der Waals surface area contributed by atoms with Gasteiger partial charge in [0, 0.05) is 48.4 Å². The molecule has 0 bridgehead atoms. The predicted octanol–water partition coefficient (Wildman–Crippen LogP) is 4.28. The number of likely N-dealkylation sites (tertiary alicyclic amines) is 1. The van der Waals surface area contributed by atoms with Gasteiger partial charge in [-0.15, -0.1) is 0 Å². The minimum absolute atomic E-state index is 0.0391. The number of likely N-dealkylation sites (N-methyl/N-ethyl adjacent to an activating group) is 1. The summed E-state index contributed by atoms with van der Waals surface area (Å²) in [5.74, 6) is 0.988. The molecule has 6 heteroatoms. The number of aromatic amines is 1. The molecule has 2 N–H and O–H groups in total. The molecule has 0 spiro atoms. The number of nitrogens with one attached hydrogen (secondary N) is 2. The number of carbonyl (C=O) groups is 1. The number of aryl methyl sites for hydroxylation is 2. The van der Waals surface area contributed by atoms with Crippen molar-refractivity contribution in [2.24, 2.45) is 7.05 Å². The van der Waals surface area contributed by atoms with Crippen LogP contribution in [0, 0.1) is 6.92 Å². The summed E-state index contributed by atoms with van der Waals surface area (Å²) in [6.45, 7) is 9.85. The molecule has 1 fully saturated rings. The molecule has 3 aromatic rings. The van der Waals surface area contributed by atoms with E-state index in [2.05, 4.69) is 42.3 Å². The van der Waals surface area contributed by atoms with Crippen molar-refractivity contribution in [1.82, 2.24) is 19.8 Å². The Morgan fingerprint density at radius 3 is 2.45 bits per heavy atom. The largest absolute Gasteiger partial charge is 0.354 e. The molecular weight excluding hydrogens is 412 g/mol. The van der Waals surface area contributed by atoms with Crippen molar-refractivity contribution in [3.05, 3.63) is 57.5 Å². The summed E-state index contributed by atoms with van der Waals surface area (Å²) in [6, 6.07) is 8.62. The number of nitrogens with zero attached hydrogens (tertiary/aromatic N) is 2. The van der Waals surface area contributed by atoms with E-state index in [1.165, 1.54) is 16.5 Å². The summed E-state index contributed by atoms with van der Waals surface area (Å²) in [4.78, 5) is 30.3. The molecule has 2 aromatic heterocycles.